The number of hydrogen-bond acceptors (Lipinski definition) is 2. The Morgan fingerprint density at radius 2 is 1.89 bits per heavy atom. The highest BCUT2D eigenvalue weighted by Crippen LogP contribution is 2.30. The van der Waals surface area contributed by atoms with Crippen molar-refractivity contribution in [1.82, 2.24) is 10.2 Å². The van der Waals surface area contributed by atoms with Crippen LogP contribution in [0.15, 0.2) is 0 Å². The average molecular weight is 272 g/mol. The smallest absolute Gasteiger partial charge is 0.246 e. The minimum atomic E-state index is -0.882. The van der Waals surface area contributed by atoms with Gasteiger partial charge in [-0.3, -0.25) is 9.59 Å². The summed E-state index contributed by atoms with van der Waals surface area (Å²) >= 11 is 0. The number of carbonyl (C=O) groups excluding carboxylic acids is 2. The maximum Gasteiger partial charge on any atom is 0.246 e. The van der Waals surface area contributed by atoms with Crippen molar-refractivity contribution in [3.63, 3.8) is 0 Å². The second-order valence-corrected chi connectivity index (χ2v) is 5.25. The maximum atomic E-state index is 12.8. The predicted octanol–water partition coefficient (Wildman–Crippen LogP) is 1.89. The highest BCUT2D eigenvalue weighted by molar-refractivity contribution is 5.99. The number of amides is 2. The van der Waals surface area contributed by atoms with Crippen molar-refractivity contribution < 1.29 is 14.0 Å². The van der Waals surface area contributed by atoms with Crippen molar-refractivity contribution >= 4 is 11.8 Å². The molecule has 0 spiro atoms. The summed E-state index contributed by atoms with van der Waals surface area (Å²) in [5.41, 5.74) is -0.882. The first-order valence-corrected chi connectivity index (χ1v) is 7.16. The van der Waals surface area contributed by atoms with E-state index in [2.05, 4.69) is 5.32 Å². The molecular formula is C14H25FN2O2. The van der Waals surface area contributed by atoms with Crippen molar-refractivity contribution in [2.24, 2.45) is 5.92 Å². The van der Waals surface area contributed by atoms with E-state index in [0.717, 1.165) is 6.42 Å². The lowest BCUT2D eigenvalue weighted by atomic mass is 9.83. The van der Waals surface area contributed by atoms with Crippen LogP contribution in [-0.4, -0.2) is 41.5 Å². The number of halogens is 1. The minimum absolute atomic E-state index is 0.000861. The van der Waals surface area contributed by atoms with E-state index in [1.807, 2.05) is 27.7 Å². The Bertz CT molecular complexity index is 342. The molecule has 0 aliphatic carbocycles. The van der Waals surface area contributed by atoms with Crippen LogP contribution in [0.2, 0.25) is 0 Å². The molecule has 1 N–H and O–H groups in total. The van der Waals surface area contributed by atoms with Gasteiger partial charge in [-0.25, -0.2) is 4.39 Å². The molecule has 5 heteroatoms. The van der Waals surface area contributed by atoms with Crippen LogP contribution in [0.25, 0.3) is 0 Å². The van der Waals surface area contributed by atoms with Crippen molar-refractivity contribution in [2.45, 2.75) is 58.5 Å². The number of carbonyl (C=O) groups is 2. The van der Waals surface area contributed by atoms with Gasteiger partial charge in [0.15, 0.2) is 0 Å². The summed E-state index contributed by atoms with van der Waals surface area (Å²) in [7, 11) is 0. The number of nitrogens with one attached hydrogen (secondary N) is 1. The van der Waals surface area contributed by atoms with Crippen LogP contribution in [0.3, 0.4) is 0 Å². The van der Waals surface area contributed by atoms with Gasteiger partial charge in [0, 0.05) is 0 Å². The first kappa shape index (κ1) is 15.9. The van der Waals surface area contributed by atoms with Crippen LogP contribution >= 0.6 is 0 Å². The third-order valence-electron chi connectivity index (χ3n) is 4.45. The summed E-state index contributed by atoms with van der Waals surface area (Å²) in [6, 6.07) is -0.518. The fourth-order valence-corrected chi connectivity index (χ4v) is 2.82. The normalized spacial score (nSPS) is 24.3. The van der Waals surface area contributed by atoms with Gasteiger partial charge in [0.1, 0.15) is 18.3 Å². The van der Waals surface area contributed by atoms with Gasteiger partial charge in [-0.05, 0) is 18.8 Å². The van der Waals surface area contributed by atoms with Gasteiger partial charge < -0.3 is 10.2 Å². The predicted molar refractivity (Wildman–Crippen MR) is 72.4 cm³/mol. The fraction of sp³-hybridized carbons (Fsp3) is 0.857. The fourth-order valence-electron chi connectivity index (χ4n) is 2.82. The summed E-state index contributed by atoms with van der Waals surface area (Å²) in [5, 5.41) is 2.85. The van der Waals surface area contributed by atoms with Crippen LogP contribution in [0.5, 0.6) is 0 Å². The molecule has 1 heterocycles. The van der Waals surface area contributed by atoms with Crippen molar-refractivity contribution in [3.8, 4) is 0 Å². The molecule has 1 aliphatic rings. The summed E-state index contributed by atoms with van der Waals surface area (Å²) in [6.45, 7) is 7.03. The molecule has 1 rings (SSSR count). The summed E-state index contributed by atoms with van der Waals surface area (Å²) in [6.07, 6.45) is 1.81. The summed E-state index contributed by atoms with van der Waals surface area (Å²) < 4.78 is 12.8. The molecule has 2 amide bonds. The Morgan fingerprint density at radius 1 is 1.32 bits per heavy atom. The molecule has 110 valence electrons. The Hall–Kier alpha value is -1.13. The first-order chi connectivity index (χ1) is 8.98. The Balaban J connectivity index is 3.13. The molecule has 0 saturated carbocycles. The van der Waals surface area contributed by atoms with Crippen molar-refractivity contribution in [3.05, 3.63) is 0 Å². The molecule has 2 atom stereocenters. The van der Waals surface area contributed by atoms with Gasteiger partial charge in [-0.15, -0.1) is 0 Å². The Morgan fingerprint density at radius 3 is 2.32 bits per heavy atom. The molecular weight excluding hydrogens is 247 g/mol. The SMILES string of the molecule is CCC(C)C1NC(=O)C(CC)(CC)N(CCF)C1=O. The van der Waals surface area contributed by atoms with Gasteiger partial charge >= 0.3 is 0 Å². The van der Waals surface area contributed by atoms with Gasteiger partial charge in [-0.2, -0.15) is 0 Å². The average Bonchev–Trinajstić information content (AvgIpc) is 2.43. The molecule has 1 saturated heterocycles. The zero-order valence-corrected chi connectivity index (χ0v) is 12.3. The lowest BCUT2D eigenvalue weighted by Gasteiger charge is -2.48. The Kier molecular flexibility index (Phi) is 5.32. The maximum absolute atomic E-state index is 12.8. The lowest BCUT2D eigenvalue weighted by Crippen LogP contribution is -2.71. The zero-order valence-electron chi connectivity index (χ0n) is 12.3. The van der Waals surface area contributed by atoms with Crippen molar-refractivity contribution in [1.29, 1.82) is 0 Å². The summed E-state index contributed by atoms with van der Waals surface area (Å²) in [4.78, 5) is 26.4. The van der Waals surface area contributed by atoms with Crippen molar-refractivity contribution in [2.75, 3.05) is 13.2 Å². The number of piperazine rings is 1. The van der Waals surface area contributed by atoms with Crippen LogP contribution in [0, 0.1) is 5.92 Å². The van der Waals surface area contributed by atoms with Crippen LogP contribution in [-0.2, 0) is 9.59 Å². The van der Waals surface area contributed by atoms with Gasteiger partial charge in [-0.1, -0.05) is 34.1 Å². The third kappa shape index (κ3) is 2.60. The number of rotatable bonds is 6. The minimum Gasteiger partial charge on any atom is -0.342 e. The molecule has 0 aromatic heterocycles. The first-order valence-electron chi connectivity index (χ1n) is 7.16. The van der Waals surface area contributed by atoms with E-state index in [-0.39, 0.29) is 24.3 Å². The molecule has 1 aliphatic heterocycles. The molecule has 0 aromatic carbocycles. The highest BCUT2D eigenvalue weighted by atomic mass is 19.1. The zero-order chi connectivity index (χ0) is 14.6. The summed E-state index contributed by atoms with van der Waals surface area (Å²) in [5.74, 6) is -0.226. The van der Waals surface area contributed by atoms with Gasteiger partial charge in [0.25, 0.3) is 0 Å². The number of alkyl halides is 1. The van der Waals surface area contributed by atoms with Crippen LogP contribution in [0.4, 0.5) is 4.39 Å². The second kappa shape index (κ2) is 6.35. The quantitative estimate of drug-likeness (QED) is 0.802. The molecule has 4 nitrogen and oxygen atoms in total. The second-order valence-electron chi connectivity index (χ2n) is 5.25. The number of hydrogen-bond donors (Lipinski definition) is 1. The van der Waals surface area contributed by atoms with E-state index in [9.17, 15) is 14.0 Å². The molecule has 0 aromatic rings. The van der Waals surface area contributed by atoms with Crippen LogP contribution in [0.1, 0.15) is 47.0 Å². The van der Waals surface area contributed by atoms with E-state index in [1.54, 1.807) is 0 Å². The van der Waals surface area contributed by atoms with E-state index in [4.69, 9.17) is 0 Å². The van der Waals surface area contributed by atoms with E-state index in [1.165, 1.54) is 4.90 Å². The van der Waals surface area contributed by atoms with E-state index in [0.29, 0.717) is 12.8 Å². The molecule has 0 bridgehead atoms. The number of nitrogens with zero attached hydrogens (tertiary/aromatic N) is 1. The third-order valence-corrected chi connectivity index (χ3v) is 4.45. The highest BCUT2D eigenvalue weighted by Gasteiger charge is 2.50. The molecule has 19 heavy (non-hydrogen) atoms. The topological polar surface area (TPSA) is 49.4 Å². The largest absolute Gasteiger partial charge is 0.342 e. The van der Waals surface area contributed by atoms with Crippen LogP contribution < -0.4 is 5.32 Å². The molecule has 1 fully saturated rings. The molecule has 0 radical (unpaired) electrons. The Labute approximate surface area is 114 Å². The molecule has 2 unspecified atom stereocenters. The van der Waals surface area contributed by atoms with E-state index >= 15 is 0 Å². The standard InChI is InChI=1S/C14H25FN2O2/c1-5-10(4)11-12(18)17(9-8-15)14(6-2,7-3)13(19)16-11/h10-11H,5-9H2,1-4H3,(H,16,19). The van der Waals surface area contributed by atoms with Gasteiger partial charge in [0.05, 0.1) is 6.54 Å². The van der Waals surface area contributed by atoms with Gasteiger partial charge in [0.2, 0.25) is 11.8 Å². The van der Waals surface area contributed by atoms with E-state index < -0.39 is 18.3 Å². The monoisotopic (exact) mass is 272 g/mol. The lowest BCUT2D eigenvalue weighted by molar-refractivity contribution is -0.160.